The van der Waals surface area contributed by atoms with E-state index in [-0.39, 0.29) is 24.3 Å². The number of rotatable bonds is 5. The van der Waals surface area contributed by atoms with Crippen LogP contribution in [0.5, 0.6) is 0 Å². The number of nitrogens with zero attached hydrogens (tertiary/aromatic N) is 3. The molecule has 24 heavy (non-hydrogen) atoms. The number of carbonyl (C=O) groups excluding carboxylic acids is 1. The van der Waals surface area contributed by atoms with Gasteiger partial charge in [0.2, 0.25) is 0 Å². The van der Waals surface area contributed by atoms with Crippen molar-refractivity contribution in [2.45, 2.75) is 6.54 Å². The van der Waals surface area contributed by atoms with Gasteiger partial charge in [-0.2, -0.15) is 0 Å². The Morgan fingerprint density at radius 1 is 1.29 bits per heavy atom. The average Bonchev–Trinajstić information content (AvgIpc) is 3.19. The average molecular weight is 346 g/mol. The molecule has 0 aliphatic carbocycles. The third-order valence-corrected chi connectivity index (χ3v) is 4.38. The molecule has 124 valence electrons. The molecular weight excluding hydrogens is 331 g/mol. The number of thiophene rings is 1. The van der Waals surface area contributed by atoms with Gasteiger partial charge in [-0.15, -0.1) is 16.4 Å². The first kappa shape index (κ1) is 16.1. The lowest BCUT2D eigenvalue weighted by molar-refractivity contribution is 0.0948. The zero-order valence-electron chi connectivity index (χ0n) is 12.9. The van der Waals surface area contributed by atoms with Crippen LogP contribution < -0.4 is 11.0 Å². The van der Waals surface area contributed by atoms with Crippen LogP contribution in [-0.4, -0.2) is 26.8 Å². The van der Waals surface area contributed by atoms with Crippen LogP contribution in [0.15, 0.2) is 46.6 Å². The van der Waals surface area contributed by atoms with Gasteiger partial charge in [0.15, 0.2) is 5.82 Å². The van der Waals surface area contributed by atoms with E-state index in [9.17, 15) is 14.0 Å². The van der Waals surface area contributed by atoms with Gasteiger partial charge in [-0.25, -0.2) is 13.9 Å². The maximum absolute atomic E-state index is 13.5. The zero-order chi connectivity index (χ0) is 17.1. The van der Waals surface area contributed by atoms with Gasteiger partial charge in [0.05, 0.1) is 17.0 Å². The molecule has 1 aromatic carbocycles. The minimum absolute atomic E-state index is 0.0230. The molecule has 0 unspecified atom stereocenters. The third-order valence-electron chi connectivity index (χ3n) is 3.51. The number of hydrogen-bond acceptors (Lipinski definition) is 4. The number of amides is 1. The Balaban J connectivity index is 1.68. The van der Waals surface area contributed by atoms with Crippen molar-refractivity contribution >= 4 is 17.2 Å². The summed E-state index contributed by atoms with van der Waals surface area (Å²) in [5.74, 6) is -0.518. The second-order valence-electron chi connectivity index (χ2n) is 5.10. The smallest absolute Gasteiger partial charge is 0.346 e. The summed E-state index contributed by atoms with van der Waals surface area (Å²) < 4.78 is 16.3. The maximum atomic E-state index is 13.5. The van der Waals surface area contributed by atoms with Gasteiger partial charge in [0.25, 0.3) is 5.91 Å². The number of halogens is 1. The summed E-state index contributed by atoms with van der Waals surface area (Å²) in [6, 6.07) is 9.52. The molecule has 0 spiro atoms. The summed E-state index contributed by atoms with van der Waals surface area (Å²) in [5.41, 5.74) is -0.288. The fourth-order valence-electron chi connectivity index (χ4n) is 2.27. The van der Waals surface area contributed by atoms with Gasteiger partial charge in [-0.3, -0.25) is 9.36 Å². The highest BCUT2D eigenvalue weighted by Crippen LogP contribution is 2.20. The molecule has 0 radical (unpaired) electrons. The second kappa shape index (κ2) is 6.79. The molecule has 0 saturated carbocycles. The summed E-state index contributed by atoms with van der Waals surface area (Å²) in [5, 5.41) is 8.79. The van der Waals surface area contributed by atoms with Crippen LogP contribution in [0.4, 0.5) is 4.39 Å². The molecule has 3 rings (SSSR count). The number of carbonyl (C=O) groups is 1. The summed E-state index contributed by atoms with van der Waals surface area (Å²) >= 11 is 1.49. The third kappa shape index (κ3) is 3.13. The predicted octanol–water partition coefficient (Wildman–Crippen LogP) is 1.88. The standard InChI is InChI=1S/C16H15FN4O2S/c1-20-14(13-7-4-10-24-13)19-21(16(20)23)9-8-18-15(22)11-5-2-3-6-12(11)17/h2-7,10H,8-9H2,1H3,(H,18,22). The van der Waals surface area contributed by atoms with Crippen molar-refractivity contribution in [3.63, 3.8) is 0 Å². The lowest BCUT2D eigenvalue weighted by Gasteiger charge is -2.05. The summed E-state index contributed by atoms with van der Waals surface area (Å²) in [6.45, 7) is 0.381. The van der Waals surface area contributed by atoms with Gasteiger partial charge >= 0.3 is 5.69 Å². The van der Waals surface area contributed by atoms with E-state index in [0.717, 1.165) is 4.88 Å². The van der Waals surface area contributed by atoms with E-state index in [2.05, 4.69) is 10.4 Å². The molecule has 8 heteroatoms. The number of hydrogen-bond donors (Lipinski definition) is 1. The predicted molar refractivity (Wildman–Crippen MR) is 89.5 cm³/mol. The van der Waals surface area contributed by atoms with Gasteiger partial charge in [-0.1, -0.05) is 18.2 Å². The van der Waals surface area contributed by atoms with E-state index < -0.39 is 11.7 Å². The lowest BCUT2D eigenvalue weighted by Crippen LogP contribution is -2.32. The van der Waals surface area contributed by atoms with Crippen LogP contribution in [0, 0.1) is 5.82 Å². The molecule has 0 fully saturated rings. The molecule has 0 saturated heterocycles. The maximum Gasteiger partial charge on any atom is 0.346 e. The van der Waals surface area contributed by atoms with E-state index in [1.807, 2.05) is 17.5 Å². The first-order valence-electron chi connectivity index (χ1n) is 7.28. The van der Waals surface area contributed by atoms with Crippen LogP contribution in [0.1, 0.15) is 10.4 Å². The highest BCUT2D eigenvalue weighted by atomic mass is 32.1. The Kier molecular flexibility index (Phi) is 4.57. The number of nitrogens with one attached hydrogen (secondary N) is 1. The largest absolute Gasteiger partial charge is 0.350 e. The molecular formula is C16H15FN4O2S. The quantitative estimate of drug-likeness (QED) is 0.767. The van der Waals surface area contributed by atoms with Crippen molar-refractivity contribution in [1.82, 2.24) is 19.7 Å². The molecule has 0 bridgehead atoms. The lowest BCUT2D eigenvalue weighted by atomic mass is 10.2. The van der Waals surface area contributed by atoms with E-state index in [0.29, 0.717) is 5.82 Å². The zero-order valence-corrected chi connectivity index (χ0v) is 13.7. The van der Waals surface area contributed by atoms with Gasteiger partial charge in [0.1, 0.15) is 5.82 Å². The van der Waals surface area contributed by atoms with Crippen LogP contribution in [0.2, 0.25) is 0 Å². The van der Waals surface area contributed by atoms with Crippen molar-refractivity contribution in [2.24, 2.45) is 7.05 Å². The Morgan fingerprint density at radius 2 is 2.08 bits per heavy atom. The first-order chi connectivity index (χ1) is 11.6. The normalized spacial score (nSPS) is 10.8. The Morgan fingerprint density at radius 3 is 2.79 bits per heavy atom. The van der Waals surface area contributed by atoms with E-state index in [1.165, 1.54) is 38.8 Å². The second-order valence-corrected chi connectivity index (χ2v) is 6.05. The molecule has 0 aliphatic heterocycles. The first-order valence-corrected chi connectivity index (χ1v) is 8.16. The van der Waals surface area contributed by atoms with Crippen molar-refractivity contribution in [2.75, 3.05) is 6.54 Å². The fourth-order valence-corrected chi connectivity index (χ4v) is 3.01. The summed E-state index contributed by atoms with van der Waals surface area (Å²) in [4.78, 5) is 25.0. The van der Waals surface area contributed by atoms with Crippen molar-refractivity contribution in [3.8, 4) is 10.7 Å². The highest BCUT2D eigenvalue weighted by molar-refractivity contribution is 7.13. The van der Waals surface area contributed by atoms with Gasteiger partial charge < -0.3 is 5.32 Å². The SMILES string of the molecule is Cn1c(-c2cccs2)nn(CCNC(=O)c2ccccc2F)c1=O. The van der Waals surface area contributed by atoms with E-state index in [4.69, 9.17) is 0 Å². The minimum Gasteiger partial charge on any atom is -0.350 e. The topological polar surface area (TPSA) is 68.9 Å². The molecule has 0 aliphatic rings. The fraction of sp³-hybridized carbons (Fsp3) is 0.188. The Hall–Kier alpha value is -2.74. The Bertz CT molecular complexity index is 915. The molecule has 1 amide bonds. The highest BCUT2D eigenvalue weighted by Gasteiger charge is 2.14. The van der Waals surface area contributed by atoms with E-state index in [1.54, 1.807) is 13.1 Å². The van der Waals surface area contributed by atoms with Crippen LogP contribution in [0.3, 0.4) is 0 Å². The molecule has 2 heterocycles. The number of benzene rings is 1. The van der Waals surface area contributed by atoms with Crippen LogP contribution in [-0.2, 0) is 13.6 Å². The van der Waals surface area contributed by atoms with Crippen LogP contribution >= 0.6 is 11.3 Å². The van der Waals surface area contributed by atoms with Crippen molar-refractivity contribution in [3.05, 3.63) is 63.6 Å². The molecule has 6 nitrogen and oxygen atoms in total. The molecule has 2 aromatic heterocycles. The van der Waals surface area contributed by atoms with E-state index >= 15 is 0 Å². The molecule has 0 atom stereocenters. The Labute approximate surface area is 141 Å². The van der Waals surface area contributed by atoms with Crippen molar-refractivity contribution < 1.29 is 9.18 Å². The van der Waals surface area contributed by atoms with Gasteiger partial charge in [-0.05, 0) is 23.6 Å². The summed E-state index contributed by atoms with van der Waals surface area (Å²) in [6.07, 6.45) is 0. The number of aromatic nitrogens is 3. The van der Waals surface area contributed by atoms with Gasteiger partial charge in [0, 0.05) is 13.6 Å². The summed E-state index contributed by atoms with van der Waals surface area (Å²) in [7, 11) is 1.65. The molecule has 1 N–H and O–H groups in total. The molecule has 3 aromatic rings. The van der Waals surface area contributed by atoms with Crippen LogP contribution in [0.25, 0.3) is 10.7 Å². The minimum atomic E-state index is -0.579. The monoisotopic (exact) mass is 346 g/mol. The van der Waals surface area contributed by atoms with Crippen molar-refractivity contribution in [1.29, 1.82) is 0 Å².